The van der Waals surface area contributed by atoms with Crippen molar-refractivity contribution in [3.8, 4) is 11.4 Å². The molecule has 0 atom stereocenters. The van der Waals surface area contributed by atoms with Crippen LogP contribution in [-0.2, 0) is 0 Å². The highest BCUT2D eigenvalue weighted by Gasteiger charge is 2.13. The molecule has 26 heavy (non-hydrogen) atoms. The normalized spacial score (nSPS) is 11.2. The van der Waals surface area contributed by atoms with Gasteiger partial charge in [-0.25, -0.2) is 4.98 Å². The van der Waals surface area contributed by atoms with Crippen molar-refractivity contribution in [3.05, 3.63) is 77.6 Å². The minimum absolute atomic E-state index is 0.153. The Balaban J connectivity index is 2.38. The number of nitrogens with zero attached hydrogens (tertiary/aromatic N) is 3. The summed E-state index contributed by atoms with van der Waals surface area (Å²) in [6.45, 7) is 9.62. The largest absolute Gasteiger partial charge is 0.497 e. The lowest BCUT2D eigenvalue weighted by Crippen LogP contribution is -2.22. The minimum Gasteiger partial charge on any atom is -0.497 e. The number of aromatic nitrogens is 2. The molecule has 0 saturated carbocycles. The van der Waals surface area contributed by atoms with Gasteiger partial charge in [-0.05, 0) is 43.5 Å². The van der Waals surface area contributed by atoms with E-state index in [1.807, 2.05) is 25.3 Å². The average Bonchev–Trinajstić information content (AvgIpc) is 2.64. The fraction of sp³-hybridized carbons (Fsp3) is 0.150. The lowest BCUT2D eigenvalue weighted by atomic mass is 10.2. The van der Waals surface area contributed by atoms with Crippen LogP contribution >= 0.6 is 11.8 Å². The first-order chi connectivity index (χ1) is 12.5. The maximum Gasteiger partial charge on any atom is 0.272 e. The quantitative estimate of drug-likeness (QED) is 0.419. The molecule has 0 aliphatic heterocycles. The maximum absolute atomic E-state index is 12.9. The Morgan fingerprint density at radius 1 is 1.31 bits per heavy atom. The van der Waals surface area contributed by atoms with Gasteiger partial charge in [0.15, 0.2) is 0 Å². The number of rotatable bonds is 7. The molecule has 1 aromatic heterocycles. The van der Waals surface area contributed by atoms with E-state index < -0.39 is 0 Å². The van der Waals surface area contributed by atoms with E-state index in [4.69, 9.17) is 4.74 Å². The van der Waals surface area contributed by atoms with Gasteiger partial charge in [-0.2, -0.15) is 0 Å². The van der Waals surface area contributed by atoms with Crippen molar-refractivity contribution in [1.82, 2.24) is 9.55 Å². The van der Waals surface area contributed by atoms with Crippen molar-refractivity contribution < 1.29 is 4.74 Å². The summed E-state index contributed by atoms with van der Waals surface area (Å²) in [5, 5.41) is 0. The zero-order chi connectivity index (χ0) is 19.1. The maximum atomic E-state index is 12.9. The Bertz CT molecular complexity index is 925. The average molecular weight is 367 g/mol. The standard InChI is InChI=1S/C20H21N3O2S/c1-14(2)10-11-21-12-15(3)18-19(26-5)20(24)23(13-22-18)16-6-8-17(25-4)9-7-16/h6-13H,1,3H2,2,4-5H3/b11-10-,21-12?. The molecule has 2 aromatic rings. The first kappa shape index (κ1) is 19.5. The van der Waals surface area contributed by atoms with Crippen LogP contribution in [0.4, 0.5) is 0 Å². The summed E-state index contributed by atoms with van der Waals surface area (Å²) in [5.41, 5.74) is 2.56. The monoisotopic (exact) mass is 367 g/mol. The zero-order valence-corrected chi connectivity index (χ0v) is 15.9. The van der Waals surface area contributed by atoms with Gasteiger partial charge in [0.2, 0.25) is 0 Å². The second-order valence-electron chi connectivity index (χ2n) is 5.47. The van der Waals surface area contributed by atoms with E-state index in [0.29, 0.717) is 21.8 Å². The number of hydrogen-bond acceptors (Lipinski definition) is 5. The molecule has 0 spiro atoms. The van der Waals surface area contributed by atoms with Gasteiger partial charge in [0.25, 0.3) is 5.56 Å². The van der Waals surface area contributed by atoms with E-state index in [-0.39, 0.29) is 5.56 Å². The van der Waals surface area contributed by atoms with Crippen molar-refractivity contribution in [2.24, 2.45) is 4.99 Å². The molecule has 0 radical (unpaired) electrons. The molecule has 0 N–H and O–H groups in total. The van der Waals surface area contributed by atoms with Crippen LogP contribution in [0, 0.1) is 0 Å². The molecule has 6 heteroatoms. The number of allylic oxidation sites excluding steroid dienone is 3. The van der Waals surface area contributed by atoms with Gasteiger partial charge in [-0.15, -0.1) is 11.8 Å². The number of ether oxygens (including phenoxy) is 1. The third kappa shape index (κ3) is 4.61. The highest BCUT2D eigenvalue weighted by Crippen LogP contribution is 2.21. The fourth-order valence-electron chi connectivity index (χ4n) is 2.14. The van der Waals surface area contributed by atoms with Crippen molar-refractivity contribution in [2.75, 3.05) is 13.4 Å². The third-order valence-corrected chi connectivity index (χ3v) is 4.24. The summed E-state index contributed by atoms with van der Waals surface area (Å²) < 4.78 is 6.65. The van der Waals surface area contributed by atoms with E-state index in [9.17, 15) is 4.79 Å². The minimum atomic E-state index is -0.153. The SMILES string of the molecule is C=C(C)/C=C\N=CC(=C)c1ncn(-c2ccc(OC)cc2)c(=O)c1SC. The number of benzene rings is 1. The molecular formula is C20H21N3O2S. The number of thioether (sulfide) groups is 1. The topological polar surface area (TPSA) is 56.5 Å². The van der Waals surface area contributed by atoms with Gasteiger partial charge >= 0.3 is 0 Å². The van der Waals surface area contributed by atoms with Crippen LogP contribution in [0.25, 0.3) is 11.3 Å². The zero-order valence-electron chi connectivity index (χ0n) is 15.1. The van der Waals surface area contributed by atoms with Crippen LogP contribution in [0.1, 0.15) is 12.6 Å². The molecule has 2 rings (SSSR count). The Kier molecular flexibility index (Phi) is 6.74. The lowest BCUT2D eigenvalue weighted by Gasteiger charge is -2.11. The first-order valence-corrected chi connectivity index (χ1v) is 9.05. The summed E-state index contributed by atoms with van der Waals surface area (Å²) >= 11 is 1.34. The predicted octanol–water partition coefficient (Wildman–Crippen LogP) is 4.14. The molecular weight excluding hydrogens is 346 g/mol. The van der Waals surface area contributed by atoms with E-state index in [1.54, 1.807) is 37.7 Å². The van der Waals surface area contributed by atoms with Crippen molar-refractivity contribution in [1.29, 1.82) is 0 Å². The van der Waals surface area contributed by atoms with Gasteiger partial charge < -0.3 is 4.74 Å². The third-order valence-electron chi connectivity index (χ3n) is 3.46. The number of hydrogen-bond donors (Lipinski definition) is 0. The molecule has 0 saturated heterocycles. The second-order valence-corrected chi connectivity index (χ2v) is 6.28. The summed E-state index contributed by atoms with van der Waals surface area (Å²) in [7, 11) is 1.60. The summed E-state index contributed by atoms with van der Waals surface area (Å²) in [4.78, 5) is 22.0. The van der Waals surface area contributed by atoms with Crippen LogP contribution < -0.4 is 10.3 Å². The Labute approximate surface area is 157 Å². The summed E-state index contributed by atoms with van der Waals surface area (Å²) in [6, 6.07) is 7.22. The van der Waals surface area contributed by atoms with E-state index >= 15 is 0 Å². The molecule has 0 aliphatic rings. The second kappa shape index (κ2) is 9.01. The van der Waals surface area contributed by atoms with E-state index in [2.05, 4.69) is 23.1 Å². The summed E-state index contributed by atoms with van der Waals surface area (Å²) in [5.74, 6) is 0.726. The molecule has 0 aliphatic carbocycles. The molecule has 0 bridgehead atoms. The number of methoxy groups -OCH3 is 1. The molecule has 0 unspecified atom stereocenters. The van der Waals surface area contributed by atoms with Gasteiger partial charge in [0.1, 0.15) is 12.1 Å². The van der Waals surface area contributed by atoms with Crippen LogP contribution in [-0.4, -0.2) is 29.1 Å². The van der Waals surface area contributed by atoms with Crippen LogP contribution in [0.2, 0.25) is 0 Å². The van der Waals surface area contributed by atoms with E-state index in [0.717, 1.165) is 11.3 Å². The predicted molar refractivity (Wildman–Crippen MR) is 110 cm³/mol. The van der Waals surface area contributed by atoms with Gasteiger partial charge in [0, 0.05) is 18.0 Å². The highest BCUT2D eigenvalue weighted by atomic mass is 32.2. The van der Waals surface area contributed by atoms with Crippen molar-refractivity contribution in [3.63, 3.8) is 0 Å². The fourth-order valence-corrected chi connectivity index (χ4v) is 2.79. The first-order valence-electron chi connectivity index (χ1n) is 7.82. The molecule has 5 nitrogen and oxygen atoms in total. The molecule has 0 amide bonds. The van der Waals surface area contributed by atoms with Crippen LogP contribution in [0.5, 0.6) is 5.75 Å². The van der Waals surface area contributed by atoms with E-state index in [1.165, 1.54) is 22.7 Å². The van der Waals surface area contributed by atoms with Gasteiger partial charge in [0.05, 0.1) is 23.4 Å². The molecule has 1 aromatic carbocycles. The smallest absolute Gasteiger partial charge is 0.272 e. The Morgan fingerprint density at radius 3 is 2.58 bits per heavy atom. The highest BCUT2D eigenvalue weighted by molar-refractivity contribution is 7.98. The van der Waals surface area contributed by atoms with Crippen molar-refractivity contribution in [2.45, 2.75) is 11.8 Å². The number of aliphatic imine (C=N–C) groups is 1. The van der Waals surface area contributed by atoms with Gasteiger partial charge in [-0.3, -0.25) is 14.4 Å². The molecule has 134 valence electrons. The van der Waals surface area contributed by atoms with Crippen LogP contribution in [0.3, 0.4) is 0 Å². The van der Waals surface area contributed by atoms with Crippen LogP contribution in [0.15, 0.2) is 76.3 Å². The van der Waals surface area contributed by atoms with Gasteiger partial charge in [-0.1, -0.05) is 18.7 Å². The Hall–Kier alpha value is -2.86. The van der Waals surface area contributed by atoms with Crippen molar-refractivity contribution >= 4 is 23.5 Å². The Morgan fingerprint density at radius 2 is 2.00 bits per heavy atom. The molecule has 0 fully saturated rings. The summed E-state index contributed by atoms with van der Waals surface area (Å²) in [6.07, 6.45) is 8.34. The lowest BCUT2D eigenvalue weighted by molar-refractivity contribution is 0.414. The molecule has 1 heterocycles.